The summed E-state index contributed by atoms with van der Waals surface area (Å²) in [7, 11) is 3.11. The molecule has 0 bridgehead atoms. The molecule has 1 aromatic heterocycles. The average Bonchev–Trinajstić information content (AvgIpc) is 2.38. The van der Waals surface area contributed by atoms with Crippen molar-refractivity contribution >= 4 is 18.2 Å². The third-order valence-corrected chi connectivity index (χ3v) is 2.50. The normalized spacial score (nSPS) is 10.5. The second-order valence-corrected chi connectivity index (χ2v) is 4.25. The van der Waals surface area contributed by atoms with E-state index in [0.29, 0.717) is 11.3 Å². The maximum Gasteiger partial charge on any atom is 0.408 e. The van der Waals surface area contributed by atoms with Gasteiger partial charge in [-0.15, -0.1) is 0 Å². The summed E-state index contributed by atoms with van der Waals surface area (Å²) in [6.45, 7) is -0.273. The lowest BCUT2D eigenvalue weighted by atomic mass is 10.2. The number of hydrogen-bond acceptors (Lipinski definition) is 5. The van der Waals surface area contributed by atoms with Crippen LogP contribution in [0, 0.1) is 0 Å². The molecule has 108 valence electrons. The molecule has 0 unspecified atom stereocenters. The molecule has 0 aromatic carbocycles. The van der Waals surface area contributed by atoms with Crippen LogP contribution >= 0.6 is 0 Å². The van der Waals surface area contributed by atoms with Crippen LogP contribution < -0.4 is 0 Å². The number of pyridine rings is 1. The molecule has 0 radical (unpaired) electrons. The van der Waals surface area contributed by atoms with E-state index in [-0.39, 0.29) is 19.0 Å². The van der Waals surface area contributed by atoms with Crippen LogP contribution in [-0.2, 0) is 11.3 Å². The summed E-state index contributed by atoms with van der Waals surface area (Å²) in [4.78, 5) is 29.0. The lowest BCUT2D eigenvalue weighted by Crippen LogP contribution is -2.39. The third-order valence-electron chi connectivity index (χ3n) is 2.50. The van der Waals surface area contributed by atoms with Crippen LogP contribution in [0.3, 0.4) is 0 Å². The van der Waals surface area contributed by atoms with Crippen LogP contribution in [-0.4, -0.2) is 64.0 Å². The van der Waals surface area contributed by atoms with E-state index in [1.165, 1.54) is 17.3 Å². The van der Waals surface area contributed by atoms with Crippen LogP contribution in [0.4, 0.5) is 4.79 Å². The first-order valence-electron chi connectivity index (χ1n) is 5.74. The first kappa shape index (κ1) is 15.4. The van der Waals surface area contributed by atoms with Crippen LogP contribution in [0.15, 0.2) is 23.5 Å². The molecule has 0 aliphatic carbocycles. The highest BCUT2D eigenvalue weighted by molar-refractivity contribution is 5.81. The number of amides is 2. The van der Waals surface area contributed by atoms with E-state index in [1.54, 1.807) is 26.2 Å². The molecule has 0 saturated carbocycles. The molecule has 20 heavy (non-hydrogen) atoms. The Bertz CT molecular complexity index is 516. The number of likely N-dealkylation sites (N-methyl/N-ethyl adjacent to an activating group) is 1. The topological polar surface area (TPSA) is 106 Å². The molecule has 0 aliphatic rings. The molecule has 8 nitrogen and oxygen atoms in total. The Hall–Kier alpha value is -2.64. The van der Waals surface area contributed by atoms with Gasteiger partial charge in [-0.3, -0.25) is 14.7 Å². The minimum Gasteiger partial charge on any atom is -0.465 e. The van der Waals surface area contributed by atoms with Crippen LogP contribution in [0.2, 0.25) is 0 Å². The van der Waals surface area contributed by atoms with Crippen molar-refractivity contribution < 1.29 is 19.9 Å². The van der Waals surface area contributed by atoms with E-state index >= 15 is 0 Å². The number of hydrogen-bond donors (Lipinski definition) is 2. The van der Waals surface area contributed by atoms with E-state index in [1.807, 2.05) is 0 Å². The molecule has 1 aromatic rings. The van der Waals surface area contributed by atoms with E-state index in [9.17, 15) is 9.59 Å². The minimum absolute atomic E-state index is 0.0258. The van der Waals surface area contributed by atoms with Crippen LogP contribution in [0.25, 0.3) is 0 Å². The number of carboxylic acid groups (broad SMARTS) is 1. The fourth-order valence-corrected chi connectivity index (χ4v) is 1.42. The van der Waals surface area contributed by atoms with Gasteiger partial charge in [-0.2, -0.15) is 0 Å². The minimum atomic E-state index is -1.21. The summed E-state index contributed by atoms with van der Waals surface area (Å²) < 4.78 is 0. The maximum atomic E-state index is 11.6. The Morgan fingerprint density at radius 2 is 2.15 bits per heavy atom. The summed E-state index contributed by atoms with van der Waals surface area (Å²) in [6.07, 6.45) is 1.48. The molecular formula is C12H16N4O4. The highest BCUT2D eigenvalue weighted by Crippen LogP contribution is 2.05. The van der Waals surface area contributed by atoms with E-state index in [0.717, 1.165) is 4.90 Å². The largest absolute Gasteiger partial charge is 0.465 e. The second kappa shape index (κ2) is 7.07. The molecule has 0 aliphatic heterocycles. The van der Waals surface area contributed by atoms with Gasteiger partial charge in [-0.25, -0.2) is 4.79 Å². The van der Waals surface area contributed by atoms with Gasteiger partial charge in [0.05, 0.1) is 18.5 Å². The van der Waals surface area contributed by atoms with Crippen molar-refractivity contribution in [3.05, 3.63) is 29.6 Å². The van der Waals surface area contributed by atoms with Gasteiger partial charge in [0.25, 0.3) is 0 Å². The maximum absolute atomic E-state index is 11.6. The number of rotatable bonds is 5. The molecular weight excluding hydrogens is 264 g/mol. The lowest BCUT2D eigenvalue weighted by molar-refractivity contribution is -0.129. The van der Waals surface area contributed by atoms with Crippen molar-refractivity contribution in [2.45, 2.75) is 6.54 Å². The number of nitrogens with zero attached hydrogens (tertiary/aromatic N) is 4. The smallest absolute Gasteiger partial charge is 0.408 e. The summed E-state index contributed by atoms with van der Waals surface area (Å²) in [5.41, 5.74) is 1.04. The fourth-order valence-electron chi connectivity index (χ4n) is 1.42. The van der Waals surface area contributed by atoms with Gasteiger partial charge >= 0.3 is 6.09 Å². The molecule has 8 heteroatoms. The van der Waals surface area contributed by atoms with E-state index in [2.05, 4.69) is 10.1 Å². The molecule has 1 heterocycles. The number of oxime groups is 1. The standard InChI is InChI=1S/C12H16N4O4/c1-15(2)11(17)8-16(12(18)19)7-10-5-9(6-14-20)3-4-13-10/h3-6,20H,7-8H2,1-2H3,(H,18,19). The molecule has 0 atom stereocenters. The van der Waals surface area contributed by atoms with Crippen molar-refractivity contribution in [3.63, 3.8) is 0 Å². The molecule has 2 amide bonds. The first-order chi connectivity index (χ1) is 9.43. The van der Waals surface area contributed by atoms with Gasteiger partial charge in [-0.05, 0) is 17.7 Å². The summed E-state index contributed by atoms with van der Waals surface area (Å²) in [6, 6.07) is 3.19. The molecule has 1 rings (SSSR count). The van der Waals surface area contributed by atoms with Gasteiger partial charge in [0.15, 0.2) is 0 Å². The Balaban J connectivity index is 2.83. The van der Waals surface area contributed by atoms with Crippen molar-refractivity contribution in [3.8, 4) is 0 Å². The summed E-state index contributed by atoms with van der Waals surface area (Å²) in [5, 5.41) is 20.4. The van der Waals surface area contributed by atoms with E-state index < -0.39 is 6.09 Å². The Morgan fingerprint density at radius 3 is 2.70 bits per heavy atom. The van der Waals surface area contributed by atoms with Crippen molar-refractivity contribution in [1.29, 1.82) is 0 Å². The van der Waals surface area contributed by atoms with Gasteiger partial charge in [-0.1, -0.05) is 5.16 Å². The van der Waals surface area contributed by atoms with E-state index in [4.69, 9.17) is 10.3 Å². The van der Waals surface area contributed by atoms with Gasteiger partial charge in [0.2, 0.25) is 5.91 Å². The zero-order valence-corrected chi connectivity index (χ0v) is 11.2. The fraction of sp³-hybridized carbons (Fsp3) is 0.333. The Kier molecular flexibility index (Phi) is 5.45. The second-order valence-electron chi connectivity index (χ2n) is 4.25. The lowest BCUT2D eigenvalue weighted by Gasteiger charge is -2.20. The van der Waals surface area contributed by atoms with Gasteiger partial charge in [0, 0.05) is 20.3 Å². The van der Waals surface area contributed by atoms with Crippen molar-refractivity contribution in [1.82, 2.24) is 14.8 Å². The number of carbonyl (C=O) groups is 2. The highest BCUT2D eigenvalue weighted by atomic mass is 16.4. The van der Waals surface area contributed by atoms with Crippen LogP contribution in [0.1, 0.15) is 11.3 Å². The average molecular weight is 280 g/mol. The molecule has 0 spiro atoms. The Labute approximate surface area is 115 Å². The monoisotopic (exact) mass is 280 g/mol. The number of aromatic nitrogens is 1. The summed E-state index contributed by atoms with van der Waals surface area (Å²) in [5.74, 6) is -0.319. The van der Waals surface area contributed by atoms with Crippen molar-refractivity contribution in [2.24, 2.45) is 5.16 Å². The third kappa shape index (κ3) is 4.56. The first-order valence-corrected chi connectivity index (χ1v) is 5.74. The Morgan fingerprint density at radius 1 is 1.45 bits per heavy atom. The molecule has 0 saturated heterocycles. The molecule has 0 fully saturated rings. The number of carbonyl (C=O) groups excluding carboxylic acids is 1. The van der Waals surface area contributed by atoms with Gasteiger partial charge < -0.3 is 15.2 Å². The predicted octanol–water partition coefficient (Wildman–Crippen LogP) is 0.458. The SMILES string of the molecule is CN(C)C(=O)CN(Cc1cc(C=NO)ccn1)C(=O)O. The molecule has 2 N–H and O–H groups in total. The predicted molar refractivity (Wildman–Crippen MR) is 70.7 cm³/mol. The summed E-state index contributed by atoms with van der Waals surface area (Å²) >= 11 is 0. The zero-order valence-electron chi connectivity index (χ0n) is 11.2. The van der Waals surface area contributed by atoms with Gasteiger partial charge in [0.1, 0.15) is 6.54 Å². The highest BCUT2D eigenvalue weighted by Gasteiger charge is 2.18. The zero-order chi connectivity index (χ0) is 15.1. The quantitative estimate of drug-likeness (QED) is 0.463. The van der Waals surface area contributed by atoms with Crippen LogP contribution in [0.5, 0.6) is 0 Å². The van der Waals surface area contributed by atoms with Crippen molar-refractivity contribution in [2.75, 3.05) is 20.6 Å².